The van der Waals surface area contributed by atoms with Crippen molar-refractivity contribution in [3.8, 4) is 0 Å². The lowest BCUT2D eigenvalue weighted by Gasteiger charge is -2.07. The zero-order valence-electron chi connectivity index (χ0n) is 11.1. The second-order valence-electron chi connectivity index (χ2n) is 4.29. The Balaban J connectivity index is 1.90. The molecule has 6 nitrogen and oxygen atoms in total. The molecular formula is C13H14FN3O3S. The van der Waals surface area contributed by atoms with Crippen LogP contribution in [0, 0.1) is 5.82 Å². The summed E-state index contributed by atoms with van der Waals surface area (Å²) in [6.07, 6.45) is 1.90. The predicted octanol–water partition coefficient (Wildman–Crippen LogP) is 0.751. The predicted molar refractivity (Wildman–Crippen MR) is 74.7 cm³/mol. The minimum Gasteiger partial charge on any atom is -0.268 e. The zero-order chi connectivity index (χ0) is 15.3. The van der Waals surface area contributed by atoms with Gasteiger partial charge in [0.15, 0.2) is 0 Å². The Morgan fingerprint density at radius 1 is 1.19 bits per heavy atom. The van der Waals surface area contributed by atoms with Crippen LogP contribution in [0.3, 0.4) is 0 Å². The lowest BCUT2D eigenvalue weighted by atomic mass is 10.4. The van der Waals surface area contributed by atoms with E-state index in [1.807, 2.05) is 0 Å². The fraction of sp³-hybridized carbons (Fsp3) is 0.231. The van der Waals surface area contributed by atoms with E-state index in [0.29, 0.717) is 13.0 Å². The van der Waals surface area contributed by atoms with Crippen LogP contribution in [0.5, 0.6) is 0 Å². The third-order valence-corrected chi connectivity index (χ3v) is 4.22. The maximum absolute atomic E-state index is 12.8. The number of nitrogens with zero attached hydrogens (tertiary/aromatic N) is 2. The van der Waals surface area contributed by atoms with Crippen LogP contribution in [0.2, 0.25) is 0 Å². The topological polar surface area (TPSA) is 81.1 Å². The molecule has 0 atom stereocenters. The molecule has 0 spiro atoms. The molecule has 1 N–H and O–H groups in total. The molecule has 0 saturated heterocycles. The van der Waals surface area contributed by atoms with Gasteiger partial charge in [-0.3, -0.25) is 4.79 Å². The molecule has 21 heavy (non-hydrogen) atoms. The first kappa shape index (κ1) is 15.3. The molecule has 0 aliphatic carbocycles. The van der Waals surface area contributed by atoms with Gasteiger partial charge in [0.1, 0.15) is 5.82 Å². The van der Waals surface area contributed by atoms with Crippen LogP contribution in [0.4, 0.5) is 4.39 Å². The van der Waals surface area contributed by atoms with Gasteiger partial charge in [0.25, 0.3) is 5.56 Å². The van der Waals surface area contributed by atoms with Crippen LogP contribution in [0.1, 0.15) is 6.42 Å². The van der Waals surface area contributed by atoms with Crippen molar-refractivity contribution >= 4 is 10.0 Å². The lowest BCUT2D eigenvalue weighted by molar-refractivity contribution is 0.535. The number of aromatic nitrogens is 2. The summed E-state index contributed by atoms with van der Waals surface area (Å²) in [4.78, 5) is 11.4. The van der Waals surface area contributed by atoms with Gasteiger partial charge in [-0.05, 0) is 36.8 Å². The molecule has 0 bridgehead atoms. The molecule has 0 amide bonds. The maximum Gasteiger partial charge on any atom is 0.266 e. The van der Waals surface area contributed by atoms with Gasteiger partial charge in [-0.25, -0.2) is 22.2 Å². The summed E-state index contributed by atoms with van der Waals surface area (Å²) in [6, 6.07) is 7.48. The van der Waals surface area contributed by atoms with E-state index in [0.717, 1.165) is 12.1 Å². The molecule has 1 aromatic heterocycles. The van der Waals surface area contributed by atoms with Crippen molar-refractivity contribution in [3.63, 3.8) is 0 Å². The molecule has 0 fully saturated rings. The van der Waals surface area contributed by atoms with Crippen LogP contribution >= 0.6 is 0 Å². The van der Waals surface area contributed by atoms with Crippen molar-refractivity contribution in [3.05, 3.63) is 58.8 Å². The van der Waals surface area contributed by atoms with Gasteiger partial charge in [-0.2, -0.15) is 5.10 Å². The summed E-state index contributed by atoms with van der Waals surface area (Å²) >= 11 is 0. The van der Waals surface area contributed by atoms with E-state index >= 15 is 0 Å². The summed E-state index contributed by atoms with van der Waals surface area (Å²) < 4.78 is 40.2. The average Bonchev–Trinajstić information content (AvgIpc) is 2.46. The Labute approximate surface area is 121 Å². The fourth-order valence-corrected chi connectivity index (χ4v) is 2.76. The van der Waals surface area contributed by atoms with E-state index in [9.17, 15) is 17.6 Å². The Morgan fingerprint density at radius 3 is 2.57 bits per heavy atom. The van der Waals surface area contributed by atoms with Crippen molar-refractivity contribution in [1.82, 2.24) is 14.5 Å². The Bertz CT molecular complexity index is 757. The quantitative estimate of drug-likeness (QED) is 0.798. The number of sulfonamides is 1. The fourth-order valence-electron chi connectivity index (χ4n) is 1.69. The second-order valence-corrected chi connectivity index (χ2v) is 6.06. The van der Waals surface area contributed by atoms with E-state index in [1.165, 1.54) is 35.1 Å². The third kappa shape index (κ3) is 4.20. The Hall–Kier alpha value is -2.06. The van der Waals surface area contributed by atoms with E-state index in [2.05, 4.69) is 9.82 Å². The normalized spacial score (nSPS) is 11.5. The average molecular weight is 311 g/mol. The van der Waals surface area contributed by atoms with Gasteiger partial charge in [0.05, 0.1) is 4.90 Å². The van der Waals surface area contributed by atoms with Gasteiger partial charge >= 0.3 is 0 Å². The van der Waals surface area contributed by atoms with Gasteiger partial charge in [-0.15, -0.1) is 0 Å². The number of hydrogen-bond donors (Lipinski definition) is 1. The molecule has 1 aromatic carbocycles. The van der Waals surface area contributed by atoms with E-state index < -0.39 is 15.8 Å². The molecular weight excluding hydrogens is 297 g/mol. The van der Waals surface area contributed by atoms with Crippen LogP contribution in [0.25, 0.3) is 0 Å². The first-order chi connectivity index (χ1) is 9.99. The molecule has 8 heteroatoms. The van der Waals surface area contributed by atoms with E-state index in [4.69, 9.17) is 0 Å². The van der Waals surface area contributed by atoms with Crippen molar-refractivity contribution in [2.75, 3.05) is 6.54 Å². The highest BCUT2D eigenvalue weighted by Gasteiger charge is 2.12. The van der Waals surface area contributed by atoms with Crippen LogP contribution in [0.15, 0.2) is 52.3 Å². The summed E-state index contributed by atoms with van der Waals surface area (Å²) in [6.45, 7) is 0.467. The maximum atomic E-state index is 12.8. The molecule has 1 heterocycles. The number of halogens is 1. The van der Waals surface area contributed by atoms with Crippen molar-refractivity contribution in [2.45, 2.75) is 17.9 Å². The van der Waals surface area contributed by atoms with Gasteiger partial charge in [0, 0.05) is 25.4 Å². The van der Waals surface area contributed by atoms with E-state index in [1.54, 1.807) is 0 Å². The Morgan fingerprint density at radius 2 is 1.90 bits per heavy atom. The van der Waals surface area contributed by atoms with Crippen LogP contribution < -0.4 is 10.3 Å². The standard InChI is InChI=1S/C13H14FN3O3S/c14-11-4-6-12(7-5-11)21(19,20)16-9-2-10-17-13(18)3-1-8-15-17/h1,3-8,16H,2,9-10H2. The minimum absolute atomic E-state index is 0.00102. The lowest BCUT2D eigenvalue weighted by Crippen LogP contribution is -2.27. The highest BCUT2D eigenvalue weighted by molar-refractivity contribution is 7.89. The number of rotatable bonds is 6. The molecule has 0 radical (unpaired) electrons. The molecule has 0 saturated carbocycles. The zero-order valence-corrected chi connectivity index (χ0v) is 11.9. The second kappa shape index (κ2) is 6.59. The third-order valence-electron chi connectivity index (χ3n) is 2.75. The van der Waals surface area contributed by atoms with Crippen LogP contribution in [-0.2, 0) is 16.6 Å². The first-order valence-corrected chi connectivity index (χ1v) is 7.75. The summed E-state index contributed by atoms with van der Waals surface area (Å²) in [5.74, 6) is -0.497. The van der Waals surface area contributed by atoms with Crippen LogP contribution in [-0.4, -0.2) is 24.7 Å². The van der Waals surface area contributed by atoms with E-state index in [-0.39, 0.29) is 17.0 Å². The SMILES string of the molecule is O=c1cccnn1CCCNS(=O)(=O)c1ccc(F)cc1. The number of aryl methyl sites for hydroxylation is 1. The summed E-state index contributed by atoms with van der Waals surface area (Å²) in [7, 11) is -3.67. The molecule has 2 rings (SSSR count). The van der Waals surface area contributed by atoms with Crippen molar-refractivity contribution < 1.29 is 12.8 Å². The van der Waals surface area contributed by atoms with Gasteiger partial charge in [0.2, 0.25) is 10.0 Å². The van der Waals surface area contributed by atoms with Gasteiger partial charge < -0.3 is 0 Å². The summed E-state index contributed by atoms with van der Waals surface area (Å²) in [5.41, 5.74) is -0.237. The number of nitrogens with one attached hydrogen (secondary N) is 1. The minimum atomic E-state index is -3.67. The molecule has 0 unspecified atom stereocenters. The van der Waals surface area contributed by atoms with Crippen molar-refractivity contribution in [2.24, 2.45) is 0 Å². The Kier molecular flexibility index (Phi) is 4.81. The molecule has 0 aliphatic heterocycles. The van der Waals surface area contributed by atoms with Gasteiger partial charge in [-0.1, -0.05) is 0 Å². The largest absolute Gasteiger partial charge is 0.268 e. The highest BCUT2D eigenvalue weighted by atomic mass is 32.2. The molecule has 2 aromatic rings. The molecule has 0 aliphatic rings. The number of hydrogen-bond acceptors (Lipinski definition) is 4. The summed E-state index contributed by atoms with van der Waals surface area (Å²) in [5, 5.41) is 3.87. The number of benzene rings is 1. The first-order valence-electron chi connectivity index (χ1n) is 6.26. The molecule has 112 valence electrons. The smallest absolute Gasteiger partial charge is 0.266 e. The van der Waals surface area contributed by atoms with Crippen molar-refractivity contribution in [1.29, 1.82) is 0 Å². The monoisotopic (exact) mass is 311 g/mol. The highest BCUT2D eigenvalue weighted by Crippen LogP contribution is 2.09.